The predicted octanol–water partition coefficient (Wildman–Crippen LogP) is 4.81. The van der Waals surface area contributed by atoms with Gasteiger partial charge in [0.2, 0.25) is 5.95 Å². The summed E-state index contributed by atoms with van der Waals surface area (Å²) in [5, 5.41) is 16.0. The quantitative estimate of drug-likeness (QED) is 0.437. The molecule has 1 aromatic heterocycles. The number of nitrogens with zero attached hydrogens (tertiary/aromatic N) is 4. The highest BCUT2D eigenvalue weighted by Crippen LogP contribution is 2.39. The second-order valence-corrected chi connectivity index (χ2v) is 8.43. The van der Waals surface area contributed by atoms with E-state index in [1.54, 1.807) is 43.0 Å². The summed E-state index contributed by atoms with van der Waals surface area (Å²) < 4.78 is 18.5. The van der Waals surface area contributed by atoms with E-state index in [4.69, 9.17) is 37.4 Å². The van der Waals surface area contributed by atoms with Crippen LogP contribution in [0.3, 0.4) is 0 Å². The van der Waals surface area contributed by atoms with Gasteiger partial charge in [-0.3, -0.25) is 0 Å². The summed E-state index contributed by atoms with van der Waals surface area (Å²) in [4.78, 5) is 12.9. The molecule has 2 aromatic carbocycles. The van der Waals surface area contributed by atoms with Gasteiger partial charge >= 0.3 is 5.97 Å². The molecule has 1 aliphatic heterocycles. The van der Waals surface area contributed by atoms with E-state index in [-0.39, 0.29) is 6.61 Å². The fraction of sp³-hybridized carbons (Fsp3) is 0.304. The average Bonchev–Trinajstić information content (AvgIpc) is 3.29. The maximum Gasteiger partial charge on any atom is 0.338 e. The molecular weight excluding hydrogens is 481 g/mol. The highest BCUT2D eigenvalue weighted by Gasteiger charge is 2.35. The number of esters is 1. The number of fused-ring (bicyclic) bond motifs is 1. The lowest BCUT2D eigenvalue weighted by Gasteiger charge is -2.27. The van der Waals surface area contributed by atoms with Crippen LogP contribution in [0.25, 0.3) is 0 Å². The Hall–Kier alpha value is -3.30. The van der Waals surface area contributed by atoms with Crippen LogP contribution in [0, 0.1) is 0 Å². The summed E-state index contributed by atoms with van der Waals surface area (Å²) in [6.07, 6.45) is 0.712. The van der Waals surface area contributed by atoms with Crippen LogP contribution in [-0.2, 0) is 16.1 Å². The minimum absolute atomic E-state index is 0.226. The maximum absolute atomic E-state index is 12.9. The van der Waals surface area contributed by atoms with Gasteiger partial charge in [0.1, 0.15) is 12.6 Å². The number of carbonyl (C=O) groups excluding carboxylic acids is 1. The predicted molar refractivity (Wildman–Crippen MR) is 127 cm³/mol. The van der Waals surface area contributed by atoms with Gasteiger partial charge in [-0.2, -0.15) is 4.68 Å². The highest BCUT2D eigenvalue weighted by atomic mass is 35.5. The van der Waals surface area contributed by atoms with Crippen molar-refractivity contribution in [1.82, 2.24) is 20.2 Å². The number of aromatic nitrogens is 4. The van der Waals surface area contributed by atoms with E-state index in [1.165, 1.54) is 0 Å². The van der Waals surface area contributed by atoms with Gasteiger partial charge in [-0.05, 0) is 53.6 Å². The molecule has 3 aromatic rings. The van der Waals surface area contributed by atoms with Crippen LogP contribution in [0.15, 0.2) is 47.7 Å². The van der Waals surface area contributed by atoms with Gasteiger partial charge in [0.05, 0.1) is 19.3 Å². The van der Waals surface area contributed by atoms with Crippen molar-refractivity contribution in [3.8, 4) is 11.5 Å². The molecule has 34 heavy (non-hydrogen) atoms. The van der Waals surface area contributed by atoms with Crippen LogP contribution in [0.2, 0.25) is 10.0 Å². The summed E-state index contributed by atoms with van der Waals surface area (Å²) in [7, 11) is 1.55. The SMILES string of the molecule is CCCOC(=O)C1=C(C)Nc2nnnn2C1c1ccc(OCc2ccc(Cl)cc2Cl)c(OC)c1. The molecule has 0 radical (unpaired) electrons. The number of rotatable bonds is 8. The first kappa shape index (κ1) is 23.8. The summed E-state index contributed by atoms with van der Waals surface area (Å²) in [6, 6.07) is 10.0. The first-order valence-corrected chi connectivity index (χ1v) is 11.4. The van der Waals surface area contributed by atoms with E-state index in [9.17, 15) is 4.79 Å². The number of allylic oxidation sites excluding steroid dienone is 1. The zero-order chi connectivity index (χ0) is 24.2. The molecule has 0 saturated heterocycles. The molecule has 0 fully saturated rings. The van der Waals surface area contributed by atoms with E-state index in [1.807, 2.05) is 19.1 Å². The molecule has 1 atom stereocenters. The topological polar surface area (TPSA) is 100 Å². The molecule has 0 bridgehead atoms. The molecule has 178 valence electrons. The third kappa shape index (κ3) is 4.80. The normalized spacial score (nSPS) is 14.9. The van der Waals surface area contributed by atoms with Crippen molar-refractivity contribution in [2.75, 3.05) is 19.0 Å². The van der Waals surface area contributed by atoms with Crippen LogP contribution in [0.1, 0.15) is 37.4 Å². The lowest BCUT2D eigenvalue weighted by molar-refractivity contribution is -0.139. The lowest BCUT2D eigenvalue weighted by Crippen LogP contribution is -2.29. The van der Waals surface area contributed by atoms with Gasteiger partial charge < -0.3 is 19.5 Å². The lowest BCUT2D eigenvalue weighted by atomic mass is 9.95. The summed E-state index contributed by atoms with van der Waals surface area (Å²) >= 11 is 12.2. The molecule has 0 amide bonds. The van der Waals surface area contributed by atoms with Crippen LogP contribution < -0.4 is 14.8 Å². The second-order valence-electron chi connectivity index (χ2n) is 7.58. The molecule has 9 nitrogen and oxygen atoms in total. The number of ether oxygens (including phenoxy) is 3. The maximum atomic E-state index is 12.9. The van der Waals surface area contributed by atoms with Crippen LogP contribution in [-0.4, -0.2) is 39.9 Å². The minimum Gasteiger partial charge on any atom is -0.493 e. The van der Waals surface area contributed by atoms with E-state index in [0.717, 1.165) is 11.1 Å². The molecular formula is C23H23Cl2N5O4. The smallest absolute Gasteiger partial charge is 0.338 e. The van der Waals surface area contributed by atoms with Crippen molar-refractivity contribution in [3.05, 3.63) is 68.8 Å². The number of hydrogen-bond donors (Lipinski definition) is 1. The molecule has 11 heteroatoms. The first-order chi connectivity index (χ1) is 16.4. The summed E-state index contributed by atoms with van der Waals surface area (Å²) in [5.74, 6) is 0.981. The van der Waals surface area contributed by atoms with Crippen molar-refractivity contribution in [1.29, 1.82) is 0 Å². The molecule has 0 spiro atoms. The van der Waals surface area contributed by atoms with E-state index < -0.39 is 12.0 Å². The van der Waals surface area contributed by atoms with Crippen molar-refractivity contribution in [3.63, 3.8) is 0 Å². The van der Waals surface area contributed by atoms with Crippen molar-refractivity contribution in [2.45, 2.75) is 32.9 Å². The van der Waals surface area contributed by atoms with Gasteiger partial charge in [0.25, 0.3) is 0 Å². The second kappa shape index (κ2) is 10.3. The first-order valence-electron chi connectivity index (χ1n) is 10.6. The van der Waals surface area contributed by atoms with Crippen molar-refractivity contribution < 1.29 is 19.0 Å². The molecule has 1 unspecified atom stereocenters. The molecule has 1 N–H and O–H groups in total. The standard InChI is InChI=1S/C23H23Cl2N5O4/c1-4-9-33-22(31)20-13(2)26-23-27-28-29-30(23)21(20)14-6-8-18(19(10-14)32-3)34-12-15-5-7-16(24)11-17(15)25/h5-8,10-11,21H,4,9,12H2,1-3H3,(H,26,27,29). The number of anilines is 1. The van der Waals surface area contributed by atoms with Crippen molar-refractivity contribution in [2.24, 2.45) is 0 Å². The monoisotopic (exact) mass is 503 g/mol. The average molecular weight is 504 g/mol. The van der Waals surface area contributed by atoms with Gasteiger partial charge in [-0.1, -0.05) is 47.4 Å². The number of halogens is 2. The Labute approximate surface area is 206 Å². The Morgan fingerprint density at radius 1 is 1.18 bits per heavy atom. The van der Waals surface area contributed by atoms with E-state index >= 15 is 0 Å². The minimum atomic E-state index is -0.607. The Bertz CT molecular complexity index is 1240. The number of nitrogens with one attached hydrogen (secondary N) is 1. The Kier molecular flexibility index (Phi) is 7.23. The molecule has 1 aliphatic rings. The third-order valence-electron chi connectivity index (χ3n) is 5.27. The fourth-order valence-electron chi connectivity index (χ4n) is 3.63. The Balaban J connectivity index is 1.66. The fourth-order valence-corrected chi connectivity index (χ4v) is 4.09. The van der Waals surface area contributed by atoms with E-state index in [0.29, 0.717) is 51.8 Å². The molecule has 0 aliphatic carbocycles. The van der Waals surface area contributed by atoms with E-state index in [2.05, 4.69) is 20.8 Å². The number of methoxy groups -OCH3 is 1. The van der Waals surface area contributed by atoms with Crippen molar-refractivity contribution >= 4 is 35.1 Å². The molecule has 0 saturated carbocycles. The zero-order valence-corrected chi connectivity index (χ0v) is 20.4. The van der Waals surface area contributed by atoms with Crippen LogP contribution in [0.4, 0.5) is 5.95 Å². The largest absolute Gasteiger partial charge is 0.493 e. The van der Waals surface area contributed by atoms with Gasteiger partial charge in [-0.15, -0.1) is 0 Å². The molecule has 2 heterocycles. The third-order valence-corrected chi connectivity index (χ3v) is 5.86. The molecule has 4 rings (SSSR count). The Morgan fingerprint density at radius 3 is 2.74 bits per heavy atom. The summed E-state index contributed by atoms with van der Waals surface area (Å²) in [5.41, 5.74) is 2.54. The number of hydrogen-bond acceptors (Lipinski definition) is 8. The van der Waals surface area contributed by atoms with Gasteiger partial charge in [-0.25, -0.2) is 4.79 Å². The van der Waals surface area contributed by atoms with Crippen LogP contribution >= 0.6 is 23.2 Å². The Morgan fingerprint density at radius 2 is 2.00 bits per heavy atom. The van der Waals surface area contributed by atoms with Gasteiger partial charge in [0.15, 0.2) is 11.5 Å². The zero-order valence-electron chi connectivity index (χ0n) is 18.8. The number of carbonyl (C=O) groups is 1. The summed E-state index contributed by atoms with van der Waals surface area (Å²) in [6.45, 7) is 4.27. The van der Waals surface area contributed by atoms with Crippen LogP contribution in [0.5, 0.6) is 11.5 Å². The highest BCUT2D eigenvalue weighted by molar-refractivity contribution is 6.35. The van der Waals surface area contributed by atoms with Gasteiger partial charge in [0, 0.05) is 21.3 Å². The number of benzene rings is 2. The number of tetrazole rings is 1.